The fraction of sp³-hybridized carbons (Fsp3) is 0.125. The molecular formula is C8H9N5O4. The third-order valence-electron chi connectivity index (χ3n) is 1.74. The van der Waals surface area contributed by atoms with Crippen molar-refractivity contribution in [2.45, 2.75) is 0 Å². The molecular weight excluding hydrogens is 230 g/mol. The van der Waals surface area contributed by atoms with Crippen molar-refractivity contribution in [2.75, 3.05) is 13.0 Å². The Balaban J connectivity index is 3.60. The predicted octanol–water partition coefficient (Wildman–Crippen LogP) is -1.40. The van der Waals surface area contributed by atoms with E-state index in [1.807, 2.05) is 0 Å². The van der Waals surface area contributed by atoms with E-state index in [9.17, 15) is 9.59 Å². The Morgan fingerprint density at radius 1 is 1.65 bits per heavy atom. The van der Waals surface area contributed by atoms with Crippen LogP contribution in [0.15, 0.2) is 16.3 Å². The fourth-order valence-corrected chi connectivity index (χ4v) is 1.01. The molecule has 0 unspecified atom stereocenters. The number of carbonyl (C=O) groups excluding carboxylic acids is 1. The van der Waals surface area contributed by atoms with Gasteiger partial charge in [0.15, 0.2) is 11.4 Å². The minimum atomic E-state index is -1.34. The molecule has 0 atom stereocenters. The normalized spacial score (nSPS) is 11.0. The number of carbonyl (C=O) groups is 2. The molecule has 0 saturated heterocycles. The summed E-state index contributed by atoms with van der Waals surface area (Å²) >= 11 is 0. The zero-order chi connectivity index (χ0) is 13.0. The van der Waals surface area contributed by atoms with Crippen LogP contribution in [0.4, 0.5) is 0 Å². The van der Waals surface area contributed by atoms with Crippen LogP contribution in [0.1, 0.15) is 21.0 Å². The van der Waals surface area contributed by atoms with E-state index in [2.05, 4.69) is 26.6 Å². The number of carboxylic acid groups (broad SMARTS) is 1. The number of hydrogen-bond acceptors (Lipinski definition) is 7. The maximum Gasteiger partial charge on any atom is 0.356 e. The van der Waals surface area contributed by atoms with Crippen LogP contribution in [0.3, 0.4) is 0 Å². The molecule has 0 amide bonds. The van der Waals surface area contributed by atoms with E-state index in [1.165, 1.54) is 0 Å². The highest BCUT2D eigenvalue weighted by molar-refractivity contribution is 5.91. The summed E-state index contributed by atoms with van der Waals surface area (Å²) in [7, 11) is 1.13. The summed E-state index contributed by atoms with van der Waals surface area (Å²) in [6.45, 7) is 3.08. The second-order valence-electron chi connectivity index (χ2n) is 2.73. The average molecular weight is 239 g/mol. The highest BCUT2D eigenvalue weighted by Crippen LogP contribution is 1.99. The topological polar surface area (TPSA) is 132 Å². The average Bonchev–Trinajstić information content (AvgIpc) is 2.30. The zero-order valence-corrected chi connectivity index (χ0v) is 8.82. The summed E-state index contributed by atoms with van der Waals surface area (Å²) in [6.07, 6.45) is 0. The van der Waals surface area contributed by atoms with Gasteiger partial charge in [-0.25, -0.2) is 19.2 Å². The zero-order valence-electron chi connectivity index (χ0n) is 8.82. The molecule has 0 aromatic carbocycles. The van der Waals surface area contributed by atoms with Gasteiger partial charge in [-0.05, 0) is 0 Å². The largest absolute Gasteiger partial charge is 0.477 e. The number of nitrogens with zero attached hydrogens (tertiary/aromatic N) is 4. The van der Waals surface area contributed by atoms with Crippen molar-refractivity contribution in [1.82, 2.24) is 9.66 Å². The van der Waals surface area contributed by atoms with Gasteiger partial charge < -0.3 is 15.7 Å². The maximum absolute atomic E-state index is 11.3. The predicted molar refractivity (Wildman–Crippen MR) is 55.8 cm³/mol. The lowest BCUT2D eigenvalue weighted by Gasteiger charge is -2.06. The third-order valence-corrected chi connectivity index (χ3v) is 1.74. The maximum atomic E-state index is 11.3. The van der Waals surface area contributed by atoms with Gasteiger partial charge in [0.05, 0.1) is 7.11 Å². The van der Waals surface area contributed by atoms with Crippen LogP contribution in [0.2, 0.25) is 0 Å². The van der Waals surface area contributed by atoms with Crippen LogP contribution in [0, 0.1) is 0 Å². The molecule has 0 spiro atoms. The molecule has 3 N–H and O–H groups in total. The van der Waals surface area contributed by atoms with Gasteiger partial charge in [0.25, 0.3) is 5.62 Å². The Kier molecular flexibility index (Phi) is 3.55. The lowest BCUT2D eigenvalue weighted by Crippen LogP contribution is -2.36. The van der Waals surface area contributed by atoms with Crippen LogP contribution in [-0.4, -0.2) is 40.5 Å². The van der Waals surface area contributed by atoms with E-state index in [-0.39, 0.29) is 11.3 Å². The number of hydrogen-bond donors (Lipinski definition) is 2. The van der Waals surface area contributed by atoms with Crippen LogP contribution in [-0.2, 0) is 4.74 Å². The van der Waals surface area contributed by atoms with E-state index in [0.29, 0.717) is 0 Å². The van der Waals surface area contributed by atoms with Gasteiger partial charge in [0, 0.05) is 12.8 Å². The molecule has 0 fully saturated rings. The van der Waals surface area contributed by atoms with Crippen molar-refractivity contribution in [1.29, 1.82) is 0 Å². The number of nitrogens with two attached hydrogens (primary N) is 1. The first-order valence-electron chi connectivity index (χ1n) is 4.21. The molecule has 90 valence electrons. The van der Waals surface area contributed by atoms with Crippen molar-refractivity contribution in [3.63, 3.8) is 0 Å². The molecule has 0 radical (unpaired) electrons. The number of nitrogen functional groups attached to an aromatic ring is 1. The lowest BCUT2D eigenvalue weighted by molar-refractivity contribution is 0.0588. The molecule has 0 saturated carbocycles. The smallest absolute Gasteiger partial charge is 0.356 e. The van der Waals surface area contributed by atoms with Gasteiger partial charge in [-0.15, -0.1) is 5.10 Å². The first kappa shape index (κ1) is 12.4. The van der Waals surface area contributed by atoms with E-state index in [0.717, 1.165) is 17.9 Å². The van der Waals surface area contributed by atoms with Crippen molar-refractivity contribution in [2.24, 2.45) is 10.2 Å². The van der Waals surface area contributed by atoms with Gasteiger partial charge in [-0.2, -0.15) is 5.10 Å². The Morgan fingerprint density at radius 3 is 2.76 bits per heavy atom. The highest BCUT2D eigenvalue weighted by atomic mass is 16.5. The van der Waals surface area contributed by atoms with Crippen LogP contribution >= 0.6 is 0 Å². The number of ether oxygens (including phenoxy) is 1. The second-order valence-corrected chi connectivity index (χ2v) is 2.73. The first-order valence-corrected chi connectivity index (χ1v) is 4.21. The van der Waals surface area contributed by atoms with Gasteiger partial charge in [0.2, 0.25) is 0 Å². The minimum absolute atomic E-state index is 0.220. The number of methoxy groups -OCH3 is 1. The molecule has 1 heterocycles. The molecule has 17 heavy (non-hydrogen) atoms. The van der Waals surface area contributed by atoms with Gasteiger partial charge in [0.1, 0.15) is 0 Å². The summed E-state index contributed by atoms with van der Waals surface area (Å²) in [5.41, 5.74) is -0.905. The van der Waals surface area contributed by atoms with Crippen LogP contribution in [0.25, 0.3) is 0 Å². The number of esters is 1. The minimum Gasteiger partial charge on any atom is -0.477 e. The van der Waals surface area contributed by atoms with Crippen LogP contribution in [0.5, 0.6) is 0 Å². The molecule has 0 aliphatic rings. The van der Waals surface area contributed by atoms with E-state index < -0.39 is 17.6 Å². The first-order chi connectivity index (χ1) is 8.01. The molecule has 1 aromatic rings. The Bertz CT molecular complexity index is 547. The number of aromatic carboxylic acids is 1. The fourth-order valence-electron chi connectivity index (χ4n) is 1.01. The summed E-state index contributed by atoms with van der Waals surface area (Å²) in [5.74, 6) is 3.34. The van der Waals surface area contributed by atoms with Crippen molar-refractivity contribution in [3.8, 4) is 0 Å². The Morgan fingerprint density at radius 2 is 2.29 bits per heavy atom. The number of rotatable bonds is 3. The highest BCUT2D eigenvalue weighted by Gasteiger charge is 2.16. The van der Waals surface area contributed by atoms with Gasteiger partial charge >= 0.3 is 11.9 Å². The monoisotopic (exact) mass is 239 g/mol. The summed E-state index contributed by atoms with van der Waals surface area (Å²) in [6, 6.07) is 0.969. The van der Waals surface area contributed by atoms with Crippen molar-refractivity contribution >= 4 is 18.7 Å². The molecule has 1 aromatic heterocycles. The summed E-state index contributed by atoms with van der Waals surface area (Å²) in [5, 5.41) is 15.4. The SMILES string of the molecule is C=N/N=c1/nc(C(=O)O)cc(C(=O)OC)n1N. The van der Waals surface area contributed by atoms with Gasteiger partial charge in [-0.3, -0.25) is 0 Å². The van der Waals surface area contributed by atoms with E-state index in [4.69, 9.17) is 10.9 Å². The van der Waals surface area contributed by atoms with Crippen LogP contribution < -0.4 is 11.5 Å². The standard InChI is InChI=1S/C8H9N5O4/c1-10-12-8-11-4(6(14)15)3-5(13(8)9)7(16)17-2/h3H,1,9H2,2H3,(H,14,15)/b12-8-. The second kappa shape index (κ2) is 4.88. The number of aromatic nitrogens is 2. The molecule has 9 nitrogen and oxygen atoms in total. The number of carboxylic acids is 1. The quantitative estimate of drug-likeness (QED) is 0.288. The Labute approximate surface area is 94.8 Å². The lowest BCUT2D eigenvalue weighted by atomic mass is 10.3. The Hall–Kier alpha value is -2.71. The van der Waals surface area contributed by atoms with Gasteiger partial charge in [-0.1, -0.05) is 0 Å². The van der Waals surface area contributed by atoms with Crippen molar-refractivity contribution in [3.05, 3.63) is 23.1 Å². The van der Waals surface area contributed by atoms with E-state index in [1.54, 1.807) is 0 Å². The molecule has 0 bridgehead atoms. The molecule has 1 rings (SSSR count). The molecule has 0 aliphatic heterocycles. The molecule has 0 aliphatic carbocycles. The summed E-state index contributed by atoms with van der Waals surface area (Å²) < 4.78 is 5.19. The summed E-state index contributed by atoms with van der Waals surface area (Å²) in [4.78, 5) is 25.7. The third kappa shape index (κ3) is 2.45. The van der Waals surface area contributed by atoms with E-state index >= 15 is 0 Å². The molecule has 9 heteroatoms. The van der Waals surface area contributed by atoms with Crippen molar-refractivity contribution < 1.29 is 19.4 Å².